The summed E-state index contributed by atoms with van der Waals surface area (Å²) in [5, 5.41) is 3.71. The third kappa shape index (κ3) is 3.96. The highest BCUT2D eigenvalue weighted by Gasteiger charge is 2.11. The standard InChI is InChI=1S/C16H16Cl2FNO2/c1-3-22-16-13(18)6-10(7-15(16)21-2)9-20-11-4-5-14(19)12(17)8-11/h4-8,20H,3,9H2,1-2H3. The average molecular weight is 344 g/mol. The van der Waals surface area contributed by atoms with E-state index in [4.69, 9.17) is 32.7 Å². The number of halogens is 3. The van der Waals surface area contributed by atoms with Crippen molar-refractivity contribution >= 4 is 28.9 Å². The number of rotatable bonds is 6. The minimum atomic E-state index is -0.446. The van der Waals surface area contributed by atoms with Gasteiger partial charge >= 0.3 is 0 Å². The van der Waals surface area contributed by atoms with Crippen LogP contribution in [0.2, 0.25) is 10.0 Å². The summed E-state index contributed by atoms with van der Waals surface area (Å²) < 4.78 is 23.9. The molecule has 0 saturated carbocycles. The molecule has 0 aliphatic carbocycles. The topological polar surface area (TPSA) is 30.5 Å². The van der Waals surface area contributed by atoms with Crippen molar-refractivity contribution in [2.45, 2.75) is 13.5 Å². The fourth-order valence-electron chi connectivity index (χ4n) is 1.97. The van der Waals surface area contributed by atoms with Crippen molar-refractivity contribution in [1.29, 1.82) is 0 Å². The molecule has 2 rings (SSSR count). The minimum Gasteiger partial charge on any atom is -0.493 e. The molecule has 0 aliphatic rings. The highest BCUT2D eigenvalue weighted by atomic mass is 35.5. The van der Waals surface area contributed by atoms with Gasteiger partial charge in [0.15, 0.2) is 11.5 Å². The molecule has 0 unspecified atom stereocenters. The second kappa shape index (κ2) is 7.56. The van der Waals surface area contributed by atoms with Crippen molar-refractivity contribution in [3.63, 3.8) is 0 Å². The first-order valence-corrected chi connectivity index (χ1v) is 7.48. The van der Waals surface area contributed by atoms with Crippen molar-refractivity contribution in [1.82, 2.24) is 0 Å². The Morgan fingerprint density at radius 1 is 1.14 bits per heavy atom. The first-order valence-electron chi connectivity index (χ1n) is 6.73. The van der Waals surface area contributed by atoms with Gasteiger partial charge < -0.3 is 14.8 Å². The molecule has 22 heavy (non-hydrogen) atoms. The summed E-state index contributed by atoms with van der Waals surface area (Å²) in [4.78, 5) is 0. The first kappa shape index (κ1) is 16.7. The molecule has 0 amide bonds. The minimum absolute atomic E-state index is 0.0762. The van der Waals surface area contributed by atoms with E-state index in [0.717, 1.165) is 11.3 Å². The zero-order chi connectivity index (χ0) is 16.1. The zero-order valence-corrected chi connectivity index (χ0v) is 13.8. The number of hydrogen-bond donors (Lipinski definition) is 1. The Morgan fingerprint density at radius 3 is 2.55 bits per heavy atom. The molecular formula is C16H16Cl2FNO2. The number of benzene rings is 2. The van der Waals surface area contributed by atoms with Gasteiger partial charge in [-0.1, -0.05) is 23.2 Å². The van der Waals surface area contributed by atoms with Crippen molar-refractivity contribution in [2.24, 2.45) is 0 Å². The number of ether oxygens (including phenoxy) is 2. The zero-order valence-electron chi connectivity index (χ0n) is 12.3. The summed E-state index contributed by atoms with van der Waals surface area (Å²) in [6.07, 6.45) is 0. The molecule has 0 fully saturated rings. The fraction of sp³-hybridized carbons (Fsp3) is 0.250. The Bertz CT molecular complexity index is 665. The first-order chi connectivity index (χ1) is 10.5. The third-order valence-electron chi connectivity index (χ3n) is 2.99. The Hall–Kier alpha value is -1.65. The maximum Gasteiger partial charge on any atom is 0.179 e. The quantitative estimate of drug-likeness (QED) is 0.786. The predicted molar refractivity (Wildman–Crippen MR) is 87.9 cm³/mol. The third-order valence-corrected chi connectivity index (χ3v) is 3.56. The normalized spacial score (nSPS) is 10.4. The van der Waals surface area contributed by atoms with Crippen LogP contribution in [0.5, 0.6) is 11.5 Å². The Labute approximate surface area is 138 Å². The molecule has 2 aromatic carbocycles. The lowest BCUT2D eigenvalue weighted by molar-refractivity contribution is 0.311. The van der Waals surface area contributed by atoms with Crippen LogP contribution in [0.1, 0.15) is 12.5 Å². The van der Waals surface area contributed by atoms with E-state index in [-0.39, 0.29) is 5.02 Å². The molecule has 6 heteroatoms. The predicted octanol–water partition coefficient (Wildman–Crippen LogP) is 5.15. The van der Waals surface area contributed by atoms with Crippen LogP contribution in [0.4, 0.5) is 10.1 Å². The molecule has 0 bridgehead atoms. The van der Waals surface area contributed by atoms with E-state index in [2.05, 4.69) is 5.32 Å². The van der Waals surface area contributed by atoms with E-state index in [9.17, 15) is 4.39 Å². The van der Waals surface area contributed by atoms with Gasteiger partial charge in [0.2, 0.25) is 0 Å². The van der Waals surface area contributed by atoms with Gasteiger partial charge in [0, 0.05) is 12.2 Å². The molecule has 0 atom stereocenters. The summed E-state index contributed by atoms with van der Waals surface area (Å²) in [5.74, 6) is 0.654. The lowest BCUT2D eigenvalue weighted by Gasteiger charge is -2.14. The summed E-state index contributed by atoms with van der Waals surface area (Å²) >= 11 is 12.0. The summed E-state index contributed by atoms with van der Waals surface area (Å²) in [5.41, 5.74) is 1.63. The summed E-state index contributed by atoms with van der Waals surface area (Å²) in [6.45, 7) is 2.87. The molecule has 1 N–H and O–H groups in total. The Kier molecular flexibility index (Phi) is 5.75. The maximum atomic E-state index is 13.1. The lowest BCUT2D eigenvalue weighted by atomic mass is 10.2. The number of methoxy groups -OCH3 is 1. The highest BCUT2D eigenvalue weighted by molar-refractivity contribution is 6.32. The number of nitrogens with one attached hydrogen (secondary N) is 1. The Balaban J connectivity index is 2.15. The molecule has 0 radical (unpaired) electrons. The van der Waals surface area contributed by atoms with E-state index in [1.165, 1.54) is 12.1 Å². The summed E-state index contributed by atoms with van der Waals surface area (Å²) in [7, 11) is 1.56. The van der Waals surface area contributed by atoms with Crippen molar-refractivity contribution < 1.29 is 13.9 Å². The van der Waals surface area contributed by atoms with Gasteiger partial charge in [-0.2, -0.15) is 0 Å². The Morgan fingerprint density at radius 2 is 1.91 bits per heavy atom. The van der Waals surface area contributed by atoms with Crippen LogP contribution in [0.15, 0.2) is 30.3 Å². The van der Waals surface area contributed by atoms with Gasteiger partial charge in [-0.05, 0) is 42.8 Å². The van der Waals surface area contributed by atoms with E-state index in [1.54, 1.807) is 19.2 Å². The van der Waals surface area contributed by atoms with Gasteiger partial charge in [-0.3, -0.25) is 0 Å². The van der Waals surface area contributed by atoms with Crippen LogP contribution in [-0.2, 0) is 6.54 Å². The number of anilines is 1. The average Bonchev–Trinajstić information content (AvgIpc) is 2.50. The second-order valence-corrected chi connectivity index (χ2v) is 5.34. The van der Waals surface area contributed by atoms with Gasteiger partial charge in [0.05, 0.1) is 23.8 Å². The molecule has 0 spiro atoms. The van der Waals surface area contributed by atoms with E-state index in [0.29, 0.717) is 29.7 Å². The smallest absolute Gasteiger partial charge is 0.179 e. The number of hydrogen-bond acceptors (Lipinski definition) is 3. The van der Waals surface area contributed by atoms with Gasteiger partial charge in [-0.25, -0.2) is 4.39 Å². The van der Waals surface area contributed by atoms with Crippen LogP contribution in [0, 0.1) is 5.82 Å². The van der Waals surface area contributed by atoms with Crippen LogP contribution in [0.3, 0.4) is 0 Å². The van der Waals surface area contributed by atoms with Gasteiger partial charge in [0.1, 0.15) is 5.82 Å². The van der Waals surface area contributed by atoms with E-state index in [1.807, 2.05) is 13.0 Å². The molecule has 0 heterocycles. The SMILES string of the molecule is CCOc1c(Cl)cc(CNc2ccc(F)c(Cl)c2)cc1OC. The highest BCUT2D eigenvalue weighted by Crippen LogP contribution is 2.36. The monoisotopic (exact) mass is 343 g/mol. The van der Waals surface area contributed by atoms with E-state index >= 15 is 0 Å². The summed E-state index contributed by atoms with van der Waals surface area (Å²) in [6, 6.07) is 8.11. The largest absolute Gasteiger partial charge is 0.493 e. The van der Waals surface area contributed by atoms with E-state index < -0.39 is 5.82 Å². The second-order valence-electron chi connectivity index (χ2n) is 4.52. The maximum absolute atomic E-state index is 13.1. The van der Waals surface area contributed by atoms with Crippen LogP contribution >= 0.6 is 23.2 Å². The molecule has 0 aromatic heterocycles. The molecule has 3 nitrogen and oxygen atoms in total. The fourth-order valence-corrected chi connectivity index (χ4v) is 2.44. The van der Waals surface area contributed by atoms with Gasteiger partial charge in [0.25, 0.3) is 0 Å². The van der Waals surface area contributed by atoms with Gasteiger partial charge in [-0.15, -0.1) is 0 Å². The van der Waals surface area contributed by atoms with Crippen LogP contribution in [-0.4, -0.2) is 13.7 Å². The molecule has 2 aromatic rings. The molecule has 118 valence electrons. The van der Waals surface area contributed by atoms with Crippen molar-refractivity contribution in [3.8, 4) is 11.5 Å². The van der Waals surface area contributed by atoms with Crippen LogP contribution < -0.4 is 14.8 Å². The molecule has 0 aliphatic heterocycles. The van der Waals surface area contributed by atoms with Crippen molar-refractivity contribution in [3.05, 3.63) is 51.8 Å². The lowest BCUT2D eigenvalue weighted by Crippen LogP contribution is -2.02. The molecule has 0 saturated heterocycles. The van der Waals surface area contributed by atoms with Crippen molar-refractivity contribution in [2.75, 3.05) is 19.0 Å². The molecular weight excluding hydrogens is 328 g/mol. The van der Waals surface area contributed by atoms with Crippen LogP contribution in [0.25, 0.3) is 0 Å².